The molecule has 184 valence electrons. The first-order valence-electron chi connectivity index (χ1n) is 12.0. The van der Waals surface area contributed by atoms with Gasteiger partial charge in [-0.1, -0.05) is 31.2 Å². The van der Waals surface area contributed by atoms with E-state index in [1.54, 1.807) is 20.4 Å². The number of piperidine rings is 1. The van der Waals surface area contributed by atoms with Gasteiger partial charge in [0.1, 0.15) is 12.0 Å². The number of ether oxygens (including phenoxy) is 1. The number of unbranched alkanes of at least 4 members (excludes halogenated alkanes) is 1. The minimum atomic E-state index is 0. The SMILES string of the molecule is CN=C(N)N(c1cc(CCCCN2CCC(C)CC2)ccc1OC)c1occ2ccccc12.O. The van der Waals surface area contributed by atoms with E-state index < -0.39 is 0 Å². The van der Waals surface area contributed by atoms with E-state index in [-0.39, 0.29) is 5.48 Å². The molecule has 4 rings (SSSR count). The van der Waals surface area contributed by atoms with E-state index in [2.05, 4.69) is 28.9 Å². The van der Waals surface area contributed by atoms with Crippen molar-refractivity contribution in [1.82, 2.24) is 4.90 Å². The van der Waals surface area contributed by atoms with Crippen molar-refractivity contribution in [2.24, 2.45) is 16.6 Å². The second-order valence-electron chi connectivity index (χ2n) is 9.03. The maximum atomic E-state index is 6.37. The lowest BCUT2D eigenvalue weighted by Crippen LogP contribution is -2.33. The first-order chi connectivity index (χ1) is 16.1. The molecule has 0 unspecified atom stereocenters. The summed E-state index contributed by atoms with van der Waals surface area (Å²) in [5, 5.41) is 2.00. The zero-order valence-corrected chi connectivity index (χ0v) is 20.6. The van der Waals surface area contributed by atoms with Gasteiger partial charge in [-0.2, -0.15) is 0 Å². The van der Waals surface area contributed by atoms with Crippen molar-refractivity contribution in [3.63, 3.8) is 0 Å². The summed E-state index contributed by atoms with van der Waals surface area (Å²) in [5.41, 5.74) is 8.46. The zero-order chi connectivity index (χ0) is 23.2. The van der Waals surface area contributed by atoms with Crippen LogP contribution in [0.25, 0.3) is 10.8 Å². The van der Waals surface area contributed by atoms with Crippen LogP contribution in [-0.2, 0) is 6.42 Å². The van der Waals surface area contributed by atoms with Gasteiger partial charge in [0, 0.05) is 17.8 Å². The number of benzene rings is 2. The van der Waals surface area contributed by atoms with Crippen LogP contribution in [0, 0.1) is 5.92 Å². The molecule has 3 aromatic rings. The highest BCUT2D eigenvalue weighted by molar-refractivity contribution is 6.08. The van der Waals surface area contributed by atoms with Crippen molar-refractivity contribution in [3.8, 4) is 5.75 Å². The first kappa shape index (κ1) is 25.6. The molecule has 0 atom stereocenters. The lowest BCUT2D eigenvalue weighted by molar-refractivity contribution is 0.189. The van der Waals surface area contributed by atoms with Crippen molar-refractivity contribution in [1.29, 1.82) is 0 Å². The van der Waals surface area contributed by atoms with Gasteiger partial charge in [-0.3, -0.25) is 4.99 Å². The van der Waals surface area contributed by atoms with E-state index in [9.17, 15) is 0 Å². The number of anilines is 2. The van der Waals surface area contributed by atoms with E-state index >= 15 is 0 Å². The van der Waals surface area contributed by atoms with Gasteiger partial charge in [-0.15, -0.1) is 0 Å². The topological polar surface area (TPSA) is 98.7 Å². The van der Waals surface area contributed by atoms with E-state index in [1.807, 2.05) is 35.2 Å². The predicted molar refractivity (Wildman–Crippen MR) is 140 cm³/mol. The first-order valence-corrected chi connectivity index (χ1v) is 12.0. The van der Waals surface area contributed by atoms with Gasteiger partial charge in [0.25, 0.3) is 0 Å². The van der Waals surface area contributed by atoms with Crippen LogP contribution in [-0.4, -0.2) is 50.1 Å². The Labute approximate surface area is 202 Å². The molecule has 0 aliphatic carbocycles. The standard InChI is InChI=1S/C27H36N4O2.H2O/c1-20-13-16-30(17-14-20)15-7-6-8-21-11-12-25(32-3)24(18-21)31(27(28)29-2)26-23-10-5-4-9-22(23)19-33-26;/h4-5,9-12,18-20H,6-8,13-17H2,1-3H3,(H2,28,29);1H2. The quantitative estimate of drug-likeness (QED) is 0.293. The Morgan fingerprint density at radius 2 is 1.94 bits per heavy atom. The van der Waals surface area contributed by atoms with Crippen molar-refractivity contribution in [2.75, 3.05) is 38.7 Å². The Balaban J connectivity index is 0.00000324. The summed E-state index contributed by atoms with van der Waals surface area (Å²) in [6.45, 7) is 6.05. The fourth-order valence-corrected chi connectivity index (χ4v) is 4.60. The largest absolute Gasteiger partial charge is 0.495 e. The molecule has 0 spiro atoms. The molecule has 1 fully saturated rings. The smallest absolute Gasteiger partial charge is 0.214 e. The van der Waals surface area contributed by atoms with Gasteiger partial charge in [-0.25, -0.2) is 4.90 Å². The summed E-state index contributed by atoms with van der Waals surface area (Å²) in [6, 6.07) is 14.3. The van der Waals surface area contributed by atoms with E-state index in [1.165, 1.54) is 44.5 Å². The minimum absolute atomic E-state index is 0. The molecular weight excluding hydrogens is 428 g/mol. The molecule has 1 saturated heterocycles. The number of hydrogen-bond donors (Lipinski definition) is 1. The molecule has 7 heteroatoms. The third-order valence-corrected chi connectivity index (χ3v) is 6.70. The maximum Gasteiger partial charge on any atom is 0.214 e. The van der Waals surface area contributed by atoms with Gasteiger partial charge >= 0.3 is 0 Å². The molecule has 1 aliphatic rings. The lowest BCUT2D eigenvalue weighted by Gasteiger charge is -2.30. The van der Waals surface area contributed by atoms with Gasteiger partial charge in [-0.05, 0) is 81.4 Å². The molecular formula is C27H38N4O3. The number of nitrogens with zero attached hydrogens (tertiary/aromatic N) is 3. The zero-order valence-electron chi connectivity index (χ0n) is 20.6. The van der Waals surface area contributed by atoms with Crippen LogP contribution in [0.2, 0.25) is 0 Å². The Morgan fingerprint density at radius 1 is 1.18 bits per heavy atom. The molecule has 34 heavy (non-hydrogen) atoms. The van der Waals surface area contributed by atoms with Crippen molar-refractivity contribution in [3.05, 3.63) is 54.3 Å². The van der Waals surface area contributed by atoms with Crippen LogP contribution in [0.1, 0.15) is 38.2 Å². The van der Waals surface area contributed by atoms with Crippen LogP contribution >= 0.6 is 0 Å². The van der Waals surface area contributed by atoms with Gasteiger partial charge < -0.3 is 25.3 Å². The molecule has 2 heterocycles. The van der Waals surface area contributed by atoms with Crippen molar-refractivity contribution < 1.29 is 14.6 Å². The highest BCUT2D eigenvalue weighted by atomic mass is 16.5. The van der Waals surface area contributed by atoms with Crippen LogP contribution in [0.5, 0.6) is 5.75 Å². The van der Waals surface area contributed by atoms with Crippen LogP contribution in [0.4, 0.5) is 11.6 Å². The number of nitrogens with two attached hydrogens (primary N) is 1. The minimum Gasteiger partial charge on any atom is -0.495 e. The molecule has 2 aromatic carbocycles. The predicted octanol–water partition coefficient (Wildman–Crippen LogP) is 4.75. The third-order valence-electron chi connectivity index (χ3n) is 6.70. The molecule has 1 aromatic heterocycles. The Kier molecular flexibility index (Phi) is 8.96. The molecule has 0 amide bonds. The molecule has 0 radical (unpaired) electrons. The molecule has 0 bridgehead atoms. The second kappa shape index (κ2) is 11.9. The summed E-state index contributed by atoms with van der Waals surface area (Å²) < 4.78 is 11.7. The number of aliphatic imine (C=N–C) groups is 1. The summed E-state index contributed by atoms with van der Waals surface area (Å²) in [7, 11) is 3.36. The normalized spacial score (nSPS) is 15.3. The van der Waals surface area contributed by atoms with E-state index in [0.29, 0.717) is 11.8 Å². The van der Waals surface area contributed by atoms with E-state index in [4.69, 9.17) is 14.9 Å². The molecule has 0 saturated carbocycles. The molecule has 4 N–H and O–H groups in total. The molecule has 7 nitrogen and oxygen atoms in total. The van der Waals surface area contributed by atoms with E-state index in [0.717, 1.165) is 41.0 Å². The summed E-state index contributed by atoms with van der Waals surface area (Å²) in [6.07, 6.45) is 7.79. The van der Waals surface area contributed by atoms with Crippen LogP contribution in [0.3, 0.4) is 0 Å². The highest BCUT2D eigenvalue weighted by Gasteiger charge is 2.23. The van der Waals surface area contributed by atoms with Gasteiger partial charge in [0.2, 0.25) is 11.8 Å². The lowest BCUT2D eigenvalue weighted by atomic mass is 9.99. The van der Waals surface area contributed by atoms with Crippen molar-refractivity contribution >= 4 is 28.3 Å². The number of likely N-dealkylation sites (tertiary alicyclic amines) is 1. The Bertz CT molecular complexity index is 1090. The fraction of sp³-hybridized carbons (Fsp3) is 0.444. The average Bonchev–Trinajstić information content (AvgIpc) is 3.27. The number of rotatable bonds is 8. The summed E-state index contributed by atoms with van der Waals surface area (Å²) >= 11 is 0. The number of methoxy groups -OCH3 is 1. The summed E-state index contributed by atoms with van der Waals surface area (Å²) in [4.78, 5) is 8.72. The Morgan fingerprint density at radius 3 is 2.68 bits per heavy atom. The molecule has 1 aliphatic heterocycles. The number of fused-ring (bicyclic) bond motifs is 1. The van der Waals surface area contributed by atoms with Gasteiger partial charge in [0.05, 0.1) is 12.8 Å². The highest BCUT2D eigenvalue weighted by Crippen LogP contribution is 2.39. The number of guanidine groups is 1. The number of furan rings is 1. The maximum absolute atomic E-state index is 6.37. The van der Waals surface area contributed by atoms with Gasteiger partial charge in [0.15, 0.2) is 0 Å². The number of aryl methyl sites for hydroxylation is 1. The number of hydrogen-bond acceptors (Lipinski definition) is 4. The average molecular weight is 467 g/mol. The van der Waals surface area contributed by atoms with Crippen molar-refractivity contribution in [2.45, 2.75) is 39.0 Å². The fourth-order valence-electron chi connectivity index (χ4n) is 4.60. The second-order valence-corrected chi connectivity index (χ2v) is 9.03. The monoisotopic (exact) mass is 466 g/mol. The summed E-state index contributed by atoms with van der Waals surface area (Å²) in [5.74, 6) is 2.61. The van der Waals surface area contributed by atoms with Crippen LogP contribution in [0.15, 0.2) is 58.1 Å². The third kappa shape index (κ3) is 5.72. The Hall–Kier alpha value is -3.03. The van der Waals surface area contributed by atoms with Crippen LogP contribution < -0.4 is 15.4 Å².